The lowest BCUT2D eigenvalue weighted by Crippen LogP contribution is -2.47. The largest absolute Gasteiger partial charge is 0.433 e. The van der Waals surface area contributed by atoms with Crippen molar-refractivity contribution in [2.45, 2.75) is 12.7 Å². The standard InChI is InChI=1S/C27H29BF3N7O/c28-21-16-33-26-23(34-25(35-26)19-2-4-20(5-3-19)37-11-13-39-14-12-37)24(21)38-9-7-36(8-10-38)17-18-1-6-22(32-15-18)27(29,30)31/h1-6,15-16H,7-14,17,28H2,(H,33,34,35). The molecular weight excluding hydrogens is 506 g/mol. The molecule has 8 nitrogen and oxygen atoms in total. The molecule has 0 bridgehead atoms. The van der Waals surface area contributed by atoms with Crippen molar-refractivity contribution in [2.24, 2.45) is 0 Å². The van der Waals surface area contributed by atoms with Crippen LogP contribution in [-0.4, -0.2) is 85.2 Å². The molecule has 202 valence electrons. The van der Waals surface area contributed by atoms with Gasteiger partial charge in [-0.3, -0.25) is 9.88 Å². The summed E-state index contributed by atoms with van der Waals surface area (Å²) in [5.74, 6) is 0.784. The summed E-state index contributed by atoms with van der Waals surface area (Å²) >= 11 is 0. The molecule has 12 heteroatoms. The number of imidazole rings is 1. The number of anilines is 2. The minimum Gasteiger partial charge on any atom is -0.378 e. The quantitative estimate of drug-likeness (QED) is 0.394. The number of rotatable bonds is 5. The minimum atomic E-state index is -4.42. The van der Waals surface area contributed by atoms with Gasteiger partial charge in [-0.05, 0) is 41.4 Å². The average molecular weight is 535 g/mol. The van der Waals surface area contributed by atoms with Gasteiger partial charge >= 0.3 is 6.18 Å². The first-order chi connectivity index (χ1) is 18.8. The third-order valence-corrected chi connectivity index (χ3v) is 7.40. The summed E-state index contributed by atoms with van der Waals surface area (Å²) in [5, 5.41) is 0. The number of piperazine rings is 1. The summed E-state index contributed by atoms with van der Waals surface area (Å²) < 4.78 is 43.9. The summed E-state index contributed by atoms with van der Waals surface area (Å²) in [5.41, 5.74) is 5.83. The van der Waals surface area contributed by atoms with Gasteiger partial charge < -0.3 is 19.5 Å². The van der Waals surface area contributed by atoms with Gasteiger partial charge in [-0.2, -0.15) is 13.2 Å². The summed E-state index contributed by atoms with van der Waals surface area (Å²) in [6.07, 6.45) is -1.22. The lowest BCUT2D eigenvalue weighted by molar-refractivity contribution is -0.141. The van der Waals surface area contributed by atoms with E-state index in [1.54, 1.807) is 0 Å². The summed E-state index contributed by atoms with van der Waals surface area (Å²) in [7, 11) is 2.05. The van der Waals surface area contributed by atoms with E-state index in [0.29, 0.717) is 6.54 Å². The number of aromatic amines is 1. The van der Waals surface area contributed by atoms with E-state index in [-0.39, 0.29) is 0 Å². The highest BCUT2D eigenvalue weighted by molar-refractivity contribution is 6.37. The molecule has 2 aliphatic rings. The molecule has 1 N–H and O–H groups in total. The highest BCUT2D eigenvalue weighted by Gasteiger charge is 2.32. The number of halogens is 3. The summed E-state index contributed by atoms with van der Waals surface area (Å²) in [6, 6.07) is 11.0. The first-order valence-electron chi connectivity index (χ1n) is 13.1. The second-order valence-electron chi connectivity index (χ2n) is 10.0. The van der Waals surface area contributed by atoms with Gasteiger partial charge in [-0.25, -0.2) is 9.97 Å². The minimum absolute atomic E-state index is 0.566. The molecule has 1 aromatic carbocycles. The van der Waals surface area contributed by atoms with Crippen molar-refractivity contribution in [1.82, 2.24) is 24.8 Å². The molecule has 2 fully saturated rings. The summed E-state index contributed by atoms with van der Waals surface area (Å²) in [4.78, 5) is 23.4. The fourth-order valence-corrected chi connectivity index (χ4v) is 5.29. The molecule has 0 radical (unpaired) electrons. The van der Waals surface area contributed by atoms with Gasteiger partial charge in [-0.15, -0.1) is 0 Å². The van der Waals surface area contributed by atoms with Crippen LogP contribution in [0.2, 0.25) is 0 Å². The Bertz CT molecular complexity index is 1430. The van der Waals surface area contributed by atoms with Gasteiger partial charge in [0.1, 0.15) is 24.9 Å². The van der Waals surface area contributed by atoms with Crippen molar-refractivity contribution >= 4 is 35.8 Å². The molecule has 0 atom stereocenters. The van der Waals surface area contributed by atoms with E-state index >= 15 is 0 Å². The van der Waals surface area contributed by atoms with E-state index < -0.39 is 11.9 Å². The molecule has 6 rings (SSSR count). The van der Waals surface area contributed by atoms with Crippen LogP contribution in [-0.2, 0) is 17.5 Å². The third-order valence-electron chi connectivity index (χ3n) is 7.40. The van der Waals surface area contributed by atoms with Crippen molar-refractivity contribution in [3.05, 3.63) is 60.0 Å². The summed E-state index contributed by atoms with van der Waals surface area (Å²) in [6.45, 7) is 6.98. The maximum absolute atomic E-state index is 12.8. The van der Waals surface area contributed by atoms with E-state index in [1.165, 1.54) is 18.0 Å². The molecule has 2 saturated heterocycles. The molecule has 3 aromatic heterocycles. The number of fused-ring (bicyclic) bond motifs is 1. The lowest BCUT2D eigenvalue weighted by atomic mass is 9.95. The van der Waals surface area contributed by atoms with Crippen molar-refractivity contribution < 1.29 is 17.9 Å². The molecule has 0 saturated carbocycles. The molecule has 39 heavy (non-hydrogen) atoms. The van der Waals surface area contributed by atoms with Crippen molar-refractivity contribution in [3.63, 3.8) is 0 Å². The number of hydrogen-bond donors (Lipinski definition) is 1. The van der Waals surface area contributed by atoms with Crippen LogP contribution in [0.3, 0.4) is 0 Å². The number of pyridine rings is 2. The van der Waals surface area contributed by atoms with E-state index in [1.807, 2.05) is 14.0 Å². The molecule has 0 amide bonds. The van der Waals surface area contributed by atoms with Crippen molar-refractivity contribution in [2.75, 3.05) is 62.3 Å². The Morgan fingerprint density at radius 1 is 0.872 bits per heavy atom. The van der Waals surface area contributed by atoms with E-state index in [9.17, 15) is 13.2 Å². The Morgan fingerprint density at radius 3 is 2.28 bits per heavy atom. The molecular formula is C27H29BF3N7O. The Kier molecular flexibility index (Phi) is 6.90. The second kappa shape index (κ2) is 10.5. The van der Waals surface area contributed by atoms with E-state index in [4.69, 9.17) is 9.72 Å². The van der Waals surface area contributed by atoms with Crippen LogP contribution < -0.4 is 15.3 Å². The van der Waals surface area contributed by atoms with Crippen LogP contribution in [0.4, 0.5) is 24.5 Å². The lowest BCUT2D eigenvalue weighted by Gasteiger charge is -2.36. The van der Waals surface area contributed by atoms with Gasteiger partial charge in [0, 0.05) is 69.5 Å². The van der Waals surface area contributed by atoms with Crippen LogP contribution in [0.5, 0.6) is 0 Å². The van der Waals surface area contributed by atoms with Crippen LogP contribution >= 0.6 is 0 Å². The maximum atomic E-state index is 12.8. The number of nitrogens with zero attached hydrogens (tertiary/aromatic N) is 6. The van der Waals surface area contributed by atoms with Gasteiger partial charge in [0.25, 0.3) is 0 Å². The predicted octanol–water partition coefficient (Wildman–Crippen LogP) is 2.46. The smallest absolute Gasteiger partial charge is 0.378 e. The topological polar surface area (TPSA) is 73.4 Å². The zero-order valence-corrected chi connectivity index (χ0v) is 21.7. The number of alkyl halides is 3. The molecule has 0 unspecified atom stereocenters. The van der Waals surface area contributed by atoms with Crippen LogP contribution in [0, 0.1) is 0 Å². The zero-order chi connectivity index (χ0) is 27.0. The SMILES string of the molecule is Bc1cnc2[nH]c(-c3ccc(N4CCOCC4)cc3)nc2c1N1CCN(Cc2ccc(C(F)(F)F)nc2)CC1. The molecule has 5 heterocycles. The molecule has 4 aromatic rings. The zero-order valence-electron chi connectivity index (χ0n) is 21.7. The maximum Gasteiger partial charge on any atom is 0.433 e. The van der Waals surface area contributed by atoms with Gasteiger partial charge in [0.2, 0.25) is 0 Å². The Balaban J connectivity index is 1.16. The molecule has 0 aliphatic carbocycles. The number of hydrogen-bond acceptors (Lipinski definition) is 7. The fourth-order valence-electron chi connectivity index (χ4n) is 5.29. The predicted molar refractivity (Wildman–Crippen MR) is 147 cm³/mol. The van der Waals surface area contributed by atoms with Crippen LogP contribution in [0.15, 0.2) is 48.8 Å². The van der Waals surface area contributed by atoms with Gasteiger partial charge in [-0.1, -0.05) is 6.07 Å². The van der Waals surface area contributed by atoms with Gasteiger partial charge in [0.15, 0.2) is 5.65 Å². The van der Waals surface area contributed by atoms with Crippen molar-refractivity contribution in [1.29, 1.82) is 0 Å². The van der Waals surface area contributed by atoms with Gasteiger partial charge in [0.05, 0.1) is 18.9 Å². The van der Waals surface area contributed by atoms with Crippen molar-refractivity contribution in [3.8, 4) is 11.4 Å². The molecule has 2 aliphatic heterocycles. The van der Waals surface area contributed by atoms with Crippen LogP contribution in [0.1, 0.15) is 11.3 Å². The van der Waals surface area contributed by atoms with E-state index in [2.05, 4.69) is 53.9 Å². The third kappa shape index (κ3) is 5.44. The first kappa shape index (κ1) is 25.6. The monoisotopic (exact) mass is 535 g/mol. The molecule has 0 spiro atoms. The number of H-pyrrole nitrogens is 1. The number of morpholine rings is 1. The number of aromatic nitrogens is 4. The normalized spacial score (nSPS) is 17.2. The fraction of sp³-hybridized carbons (Fsp3) is 0.370. The number of nitrogens with one attached hydrogen (secondary N) is 1. The Labute approximate surface area is 225 Å². The Morgan fingerprint density at radius 2 is 1.62 bits per heavy atom. The first-order valence-corrected chi connectivity index (χ1v) is 13.1. The number of ether oxygens (including phenoxy) is 1. The second-order valence-corrected chi connectivity index (χ2v) is 10.0. The highest BCUT2D eigenvalue weighted by Crippen LogP contribution is 2.29. The van der Waals surface area contributed by atoms with Crippen LogP contribution in [0.25, 0.3) is 22.6 Å². The number of benzene rings is 1. The average Bonchev–Trinajstić information content (AvgIpc) is 3.38. The Hall–Kier alpha value is -3.64. The van der Waals surface area contributed by atoms with E-state index in [0.717, 1.165) is 97.8 Å². The highest BCUT2D eigenvalue weighted by atomic mass is 19.4.